The zero-order chi connectivity index (χ0) is 25.9. The highest BCUT2D eigenvalue weighted by Gasteiger charge is 2.26. The summed E-state index contributed by atoms with van der Waals surface area (Å²) in [7, 11) is 4.29. The first kappa shape index (κ1) is 27.1. The van der Waals surface area contributed by atoms with E-state index >= 15 is 0 Å². The Balaban J connectivity index is 1.68. The third kappa shape index (κ3) is 6.79. The molecule has 0 N–H and O–H groups in total. The number of methoxy groups -OCH3 is 3. The third-order valence-electron chi connectivity index (χ3n) is 6.23. The van der Waals surface area contributed by atoms with Gasteiger partial charge in [0.15, 0.2) is 11.5 Å². The molecule has 194 valence electrons. The van der Waals surface area contributed by atoms with Gasteiger partial charge in [0.25, 0.3) is 0 Å². The zero-order valence-electron chi connectivity index (χ0n) is 21.6. The highest BCUT2D eigenvalue weighted by atomic mass is 16.6. The smallest absolute Gasteiger partial charge is 0.414 e. The Morgan fingerprint density at radius 2 is 1.72 bits per heavy atom. The van der Waals surface area contributed by atoms with Gasteiger partial charge in [-0.15, -0.1) is 0 Å². The maximum Gasteiger partial charge on any atom is 0.414 e. The van der Waals surface area contributed by atoms with Crippen molar-refractivity contribution in [3.63, 3.8) is 0 Å². The maximum absolute atomic E-state index is 12.9. The lowest BCUT2D eigenvalue weighted by molar-refractivity contribution is 0.0601. The van der Waals surface area contributed by atoms with Crippen LogP contribution in [0.5, 0.6) is 11.5 Å². The van der Waals surface area contributed by atoms with E-state index in [9.17, 15) is 9.59 Å². The Bertz CT molecular complexity index is 1050. The van der Waals surface area contributed by atoms with E-state index in [1.807, 2.05) is 6.07 Å². The SMILES string of the molecule is CCOC(=O)N(CCCCN1CC=C(c2ccccc2)CC1)c1cc(OC)c(OC)cc1C(=O)OC. The summed E-state index contributed by atoms with van der Waals surface area (Å²) in [5, 5.41) is 0. The van der Waals surface area contributed by atoms with Gasteiger partial charge in [-0.3, -0.25) is 9.80 Å². The number of anilines is 1. The van der Waals surface area contributed by atoms with Crippen molar-refractivity contribution in [2.24, 2.45) is 0 Å². The number of hydrogen-bond donors (Lipinski definition) is 0. The number of rotatable bonds is 11. The summed E-state index contributed by atoms with van der Waals surface area (Å²) in [6.45, 7) is 5.19. The maximum atomic E-state index is 12.9. The average Bonchev–Trinajstić information content (AvgIpc) is 2.92. The topological polar surface area (TPSA) is 77.5 Å². The van der Waals surface area contributed by atoms with E-state index in [1.54, 1.807) is 13.0 Å². The van der Waals surface area contributed by atoms with Crippen molar-refractivity contribution in [3.8, 4) is 11.5 Å². The van der Waals surface area contributed by atoms with Crippen molar-refractivity contribution in [1.82, 2.24) is 4.90 Å². The second-order valence-corrected chi connectivity index (χ2v) is 8.42. The molecule has 0 fully saturated rings. The Morgan fingerprint density at radius 3 is 2.33 bits per heavy atom. The molecule has 0 aliphatic carbocycles. The number of amides is 1. The van der Waals surface area contributed by atoms with Crippen LogP contribution in [0, 0.1) is 0 Å². The van der Waals surface area contributed by atoms with Crippen LogP contribution in [0.1, 0.15) is 42.1 Å². The molecular weight excluding hydrogens is 460 g/mol. The van der Waals surface area contributed by atoms with Crippen LogP contribution in [-0.4, -0.2) is 71.1 Å². The lowest BCUT2D eigenvalue weighted by Crippen LogP contribution is -2.35. The molecule has 36 heavy (non-hydrogen) atoms. The zero-order valence-corrected chi connectivity index (χ0v) is 21.6. The average molecular weight is 497 g/mol. The number of esters is 1. The minimum absolute atomic E-state index is 0.206. The van der Waals surface area contributed by atoms with E-state index in [-0.39, 0.29) is 12.2 Å². The summed E-state index contributed by atoms with van der Waals surface area (Å²) in [5.74, 6) is 0.205. The molecule has 0 aromatic heterocycles. The van der Waals surface area contributed by atoms with Crippen molar-refractivity contribution in [2.75, 3.05) is 59.0 Å². The van der Waals surface area contributed by atoms with Gasteiger partial charge in [0.2, 0.25) is 0 Å². The molecule has 1 heterocycles. The van der Waals surface area contributed by atoms with Gasteiger partial charge in [-0.05, 0) is 43.9 Å². The number of carbonyl (C=O) groups is 2. The fourth-order valence-electron chi connectivity index (χ4n) is 4.31. The van der Waals surface area contributed by atoms with Gasteiger partial charge in [-0.25, -0.2) is 9.59 Å². The molecule has 8 nitrogen and oxygen atoms in total. The first-order valence-electron chi connectivity index (χ1n) is 12.3. The van der Waals surface area contributed by atoms with E-state index in [2.05, 4.69) is 35.2 Å². The van der Waals surface area contributed by atoms with Gasteiger partial charge in [-0.2, -0.15) is 0 Å². The largest absolute Gasteiger partial charge is 0.493 e. The predicted molar refractivity (Wildman–Crippen MR) is 140 cm³/mol. The Morgan fingerprint density at radius 1 is 1.00 bits per heavy atom. The summed E-state index contributed by atoms with van der Waals surface area (Å²) < 4.78 is 21.0. The van der Waals surface area contributed by atoms with E-state index in [4.69, 9.17) is 18.9 Å². The first-order chi connectivity index (χ1) is 17.5. The second-order valence-electron chi connectivity index (χ2n) is 8.42. The molecule has 1 aliphatic heterocycles. The lowest BCUT2D eigenvalue weighted by Gasteiger charge is -2.28. The Hall–Kier alpha value is -3.52. The third-order valence-corrected chi connectivity index (χ3v) is 6.23. The highest BCUT2D eigenvalue weighted by molar-refractivity contribution is 6.01. The molecule has 0 radical (unpaired) electrons. The van der Waals surface area contributed by atoms with Gasteiger partial charge in [0.05, 0.1) is 39.2 Å². The standard InChI is InChI=1S/C28H36N2O6/c1-5-36-28(32)30(24-20-26(34-3)25(33-2)19-23(24)27(31)35-4)16-10-9-15-29-17-13-22(14-18-29)21-11-7-6-8-12-21/h6-8,11-13,19-20H,5,9-10,14-18H2,1-4H3. The molecule has 0 saturated carbocycles. The molecule has 0 atom stereocenters. The fourth-order valence-corrected chi connectivity index (χ4v) is 4.31. The van der Waals surface area contributed by atoms with Crippen LogP contribution in [0.25, 0.3) is 5.57 Å². The van der Waals surface area contributed by atoms with Crippen LogP contribution in [-0.2, 0) is 9.47 Å². The van der Waals surface area contributed by atoms with Gasteiger partial charge < -0.3 is 18.9 Å². The molecule has 1 aliphatic rings. The molecule has 0 saturated heterocycles. The van der Waals surface area contributed by atoms with Crippen LogP contribution in [0.3, 0.4) is 0 Å². The molecule has 2 aromatic rings. The molecule has 1 amide bonds. The summed E-state index contributed by atoms with van der Waals surface area (Å²) in [6.07, 6.45) is 4.43. The first-order valence-corrected chi connectivity index (χ1v) is 12.3. The molecule has 3 rings (SSSR count). The van der Waals surface area contributed by atoms with Crippen LogP contribution >= 0.6 is 0 Å². The fraction of sp³-hybridized carbons (Fsp3) is 0.429. The second kappa shape index (κ2) is 13.5. The monoisotopic (exact) mass is 496 g/mol. The lowest BCUT2D eigenvalue weighted by atomic mass is 9.99. The molecular formula is C28H36N2O6. The summed E-state index contributed by atoms with van der Waals surface area (Å²) in [6, 6.07) is 13.6. The van der Waals surface area contributed by atoms with Gasteiger partial charge in [-0.1, -0.05) is 36.4 Å². The van der Waals surface area contributed by atoms with E-state index in [0.29, 0.717) is 23.7 Å². The molecule has 0 spiro atoms. The molecule has 0 bridgehead atoms. The normalized spacial score (nSPS) is 13.5. The molecule has 0 unspecified atom stereocenters. The minimum Gasteiger partial charge on any atom is -0.493 e. The van der Waals surface area contributed by atoms with Crippen molar-refractivity contribution < 1.29 is 28.5 Å². The number of hydrogen-bond acceptors (Lipinski definition) is 7. The van der Waals surface area contributed by atoms with E-state index in [1.165, 1.54) is 43.4 Å². The molecule has 2 aromatic carbocycles. The van der Waals surface area contributed by atoms with E-state index in [0.717, 1.165) is 38.9 Å². The quantitative estimate of drug-likeness (QED) is 0.319. The highest BCUT2D eigenvalue weighted by Crippen LogP contribution is 2.36. The van der Waals surface area contributed by atoms with E-state index < -0.39 is 12.1 Å². The van der Waals surface area contributed by atoms with Crippen LogP contribution in [0.2, 0.25) is 0 Å². The van der Waals surface area contributed by atoms with Gasteiger partial charge in [0, 0.05) is 31.8 Å². The number of ether oxygens (including phenoxy) is 4. The van der Waals surface area contributed by atoms with Crippen LogP contribution in [0.4, 0.5) is 10.5 Å². The van der Waals surface area contributed by atoms with Crippen molar-refractivity contribution in [2.45, 2.75) is 26.2 Å². The Labute approximate surface area is 213 Å². The Kier molecular flexibility index (Phi) is 10.2. The van der Waals surface area contributed by atoms with Gasteiger partial charge >= 0.3 is 12.1 Å². The summed E-state index contributed by atoms with van der Waals surface area (Å²) in [4.78, 5) is 29.3. The number of unbranched alkanes of at least 4 members (excludes halogenated alkanes) is 1. The number of carbonyl (C=O) groups excluding carboxylic acids is 2. The van der Waals surface area contributed by atoms with Gasteiger partial charge in [0.1, 0.15) is 0 Å². The summed E-state index contributed by atoms with van der Waals surface area (Å²) in [5.41, 5.74) is 3.26. The van der Waals surface area contributed by atoms with Crippen molar-refractivity contribution >= 4 is 23.3 Å². The predicted octanol–water partition coefficient (Wildman–Crippen LogP) is 5.02. The van der Waals surface area contributed by atoms with Crippen molar-refractivity contribution in [1.29, 1.82) is 0 Å². The molecule has 8 heteroatoms. The summed E-state index contributed by atoms with van der Waals surface area (Å²) >= 11 is 0. The van der Waals surface area contributed by atoms with Crippen LogP contribution < -0.4 is 14.4 Å². The number of nitrogens with zero attached hydrogens (tertiary/aromatic N) is 2. The number of benzene rings is 2. The minimum atomic E-state index is -0.574. The van der Waals surface area contributed by atoms with Crippen molar-refractivity contribution in [3.05, 3.63) is 59.7 Å². The van der Waals surface area contributed by atoms with Crippen LogP contribution in [0.15, 0.2) is 48.5 Å².